The van der Waals surface area contributed by atoms with Crippen LogP contribution in [0.3, 0.4) is 0 Å². The van der Waals surface area contributed by atoms with Gasteiger partial charge in [-0.1, -0.05) is 26.0 Å². The van der Waals surface area contributed by atoms with Gasteiger partial charge in [0.2, 0.25) is 0 Å². The van der Waals surface area contributed by atoms with Crippen molar-refractivity contribution in [2.75, 3.05) is 25.6 Å². The molecule has 1 aliphatic heterocycles. The minimum Gasteiger partial charge on any atom is -0.493 e. The molecule has 36 heavy (non-hydrogen) atoms. The van der Waals surface area contributed by atoms with Gasteiger partial charge in [0.1, 0.15) is 6.07 Å². The molecular formula is C26H31N7O3. The van der Waals surface area contributed by atoms with Gasteiger partial charge in [-0.15, -0.1) is 5.10 Å². The highest BCUT2D eigenvalue weighted by Crippen LogP contribution is 2.36. The number of carbonyl (C=O) groups is 1. The van der Waals surface area contributed by atoms with Gasteiger partial charge in [0.05, 0.1) is 53.9 Å². The second-order valence-corrected chi connectivity index (χ2v) is 9.81. The van der Waals surface area contributed by atoms with Crippen LogP contribution in [0.15, 0.2) is 30.6 Å². The molecule has 0 aliphatic carbocycles. The molecule has 2 aromatic heterocycles. The van der Waals surface area contributed by atoms with E-state index in [-0.39, 0.29) is 23.1 Å². The molecule has 1 saturated heterocycles. The lowest BCUT2D eigenvalue weighted by Crippen LogP contribution is -2.31. The van der Waals surface area contributed by atoms with Crippen LogP contribution in [-0.4, -0.2) is 52.3 Å². The summed E-state index contributed by atoms with van der Waals surface area (Å²) in [5, 5.41) is 24.1. The number of anilines is 2. The van der Waals surface area contributed by atoms with E-state index >= 15 is 0 Å². The van der Waals surface area contributed by atoms with Crippen molar-refractivity contribution < 1.29 is 14.3 Å². The van der Waals surface area contributed by atoms with Crippen molar-refractivity contribution in [2.45, 2.75) is 52.1 Å². The first-order chi connectivity index (χ1) is 17.2. The molecule has 10 heteroatoms. The molecule has 10 nitrogen and oxygen atoms in total. The zero-order valence-electron chi connectivity index (χ0n) is 21.3. The predicted octanol–water partition coefficient (Wildman–Crippen LogP) is 3.80. The summed E-state index contributed by atoms with van der Waals surface area (Å²) in [6, 6.07) is 7.91. The Kier molecular flexibility index (Phi) is 7.22. The molecular weight excluding hydrogens is 458 g/mol. The van der Waals surface area contributed by atoms with Gasteiger partial charge in [0.25, 0.3) is 5.91 Å². The summed E-state index contributed by atoms with van der Waals surface area (Å²) in [6.07, 6.45) is 5.27. The van der Waals surface area contributed by atoms with Gasteiger partial charge in [0, 0.05) is 13.2 Å². The van der Waals surface area contributed by atoms with Crippen LogP contribution in [-0.2, 0) is 10.2 Å². The maximum atomic E-state index is 12.5. The molecule has 4 rings (SSSR count). The van der Waals surface area contributed by atoms with E-state index in [0.29, 0.717) is 40.6 Å². The zero-order valence-corrected chi connectivity index (χ0v) is 21.3. The van der Waals surface area contributed by atoms with E-state index < -0.39 is 0 Å². The Morgan fingerprint density at radius 1 is 1.33 bits per heavy atom. The molecule has 0 spiro atoms. The average molecular weight is 490 g/mol. The quantitative estimate of drug-likeness (QED) is 0.513. The van der Waals surface area contributed by atoms with E-state index in [9.17, 15) is 10.1 Å². The second-order valence-electron chi connectivity index (χ2n) is 9.81. The SMILES string of the molecule is COc1c(C#N)cc(C(C)(C)C)cc1Nc1cnc(C)c(-n2cc(C(=O)NCC3CCCO3)nn2)c1. The third kappa shape index (κ3) is 5.47. The van der Waals surface area contributed by atoms with Crippen molar-refractivity contribution in [3.63, 3.8) is 0 Å². The van der Waals surface area contributed by atoms with Crippen LogP contribution in [0.2, 0.25) is 0 Å². The van der Waals surface area contributed by atoms with Gasteiger partial charge in [0.15, 0.2) is 11.4 Å². The number of nitrogens with one attached hydrogen (secondary N) is 2. The number of rotatable bonds is 7. The summed E-state index contributed by atoms with van der Waals surface area (Å²) in [7, 11) is 1.54. The number of benzene rings is 1. The predicted molar refractivity (Wildman–Crippen MR) is 135 cm³/mol. The minimum absolute atomic E-state index is 0.0496. The molecule has 1 aromatic carbocycles. The van der Waals surface area contributed by atoms with Crippen LogP contribution in [0, 0.1) is 18.3 Å². The van der Waals surface area contributed by atoms with Crippen LogP contribution < -0.4 is 15.4 Å². The molecule has 2 N–H and O–H groups in total. The Balaban J connectivity index is 1.59. The lowest BCUT2D eigenvalue weighted by atomic mass is 9.85. The number of hydrogen-bond acceptors (Lipinski definition) is 8. The van der Waals surface area contributed by atoms with Gasteiger partial charge < -0.3 is 20.1 Å². The van der Waals surface area contributed by atoms with Crippen molar-refractivity contribution in [2.24, 2.45) is 0 Å². The van der Waals surface area contributed by atoms with Gasteiger partial charge in [-0.05, 0) is 48.9 Å². The maximum absolute atomic E-state index is 12.5. The Morgan fingerprint density at radius 2 is 2.14 bits per heavy atom. The number of ether oxygens (including phenoxy) is 2. The number of carbonyl (C=O) groups excluding carboxylic acids is 1. The summed E-state index contributed by atoms with van der Waals surface area (Å²) in [5.41, 5.74) is 4.20. The first kappa shape index (κ1) is 25.1. The van der Waals surface area contributed by atoms with E-state index in [2.05, 4.69) is 52.8 Å². The highest BCUT2D eigenvalue weighted by Gasteiger charge is 2.21. The van der Waals surface area contributed by atoms with E-state index in [4.69, 9.17) is 9.47 Å². The molecule has 3 aromatic rings. The lowest BCUT2D eigenvalue weighted by molar-refractivity contribution is 0.0853. The molecule has 0 bridgehead atoms. The fourth-order valence-electron chi connectivity index (χ4n) is 4.02. The van der Waals surface area contributed by atoms with Crippen LogP contribution in [0.4, 0.5) is 11.4 Å². The van der Waals surface area contributed by atoms with Gasteiger partial charge >= 0.3 is 0 Å². The number of hydrogen-bond donors (Lipinski definition) is 2. The largest absolute Gasteiger partial charge is 0.493 e. The van der Waals surface area contributed by atoms with Crippen molar-refractivity contribution in [1.29, 1.82) is 5.26 Å². The van der Waals surface area contributed by atoms with E-state index in [0.717, 1.165) is 25.0 Å². The van der Waals surface area contributed by atoms with Crippen LogP contribution in [0.5, 0.6) is 5.75 Å². The molecule has 1 fully saturated rings. The third-order valence-corrected chi connectivity index (χ3v) is 6.11. The van der Waals surface area contributed by atoms with E-state index in [1.807, 2.05) is 25.1 Å². The smallest absolute Gasteiger partial charge is 0.273 e. The van der Waals surface area contributed by atoms with Crippen molar-refractivity contribution >= 4 is 17.3 Å². The standard InChI is InChI=1S/C26H31N7O3/c1-16-23(33-15-22(31-32-33)25(34)29-14-20-7-6-8-36-20)11-19(13-28-16)30-21-10-18(26(2,3)4)9-17(12-27)24(21)35-5/h9-11,13,15,20,30H,6-8,14H2,1-5H3,(H,29,34). The van der Waals surface area contributed by atoms with Gasteiger partial charge in [-0.25, -0.2) is 4.68 Å². The topological polar surface area (TPSA) is 127 Å². The summed E-state index contributed by atoms with van der Waals surface area (Å²) < 4.78 is 12.6. The number of nitrogens with zero attached hydrogens (tertiary/aromatic N) is 5. The normalized spacial score (nSPS) is 15.4. The highest BCUT2D eigenvalue weighted by atomic mass is 16.5. The average Bonchev–Trinajstić information content (AvgIpc) is 3.55. The summed E-state index contributed by atoms with van der Waals surface area (Å²) in [4.78, 5) is 17.0. The van der Waals surface area contributed by atoms with Crippen molar-refractivity contribution in [3.8, 4) is 17.5 Å². The van der Waals surface area contributed by atoms with Crippen LogP contribution in [0.25, 0.3) is 5.69 Å². The molecule has 1 aliphatic rings. The van der Waals surface area contributed by atoms with Crippen LogP contribution in [0.1, 0.15) is 60.9 Å². The Hall–Kier alpha value is -3.97. The monoisotopic (exact) mass is 489 g/mol. The fourth-order valence-corrected chi connectivity index (χ4v) is 4.02. The minimum atomic E-state index is -0.301. The first-order valence-corrected chi connectivity index (χ1v) is 11.9. The van der Waals surface area contributed by atoms with Gasteiger partial charge in [-0.3, -0.25) is 9.78 Å². The number of aromatic nitrogens is 4. The number of nitriles is 1. The maximum Gasteiger partial charge on any atom is 0.273 e. The Bertz CT molecular complexity index is 1300. The number of pyridine rings is 1. The summed E-state index contributed by atoms with van der Waals surface area (Å²) in [6.45, 7) is 9.30. The Morgan fingerprint density at radius 3 is 2.81 bits per heavy atom. The molecule has 0 saturated carbocycles. The molecule has 1 unspecified atom stereocenters. The lowest BCUT2D eigenvalue weighted by Gasteiger charge is -2.22. The second kappa shape index (κ2) is 10.3. The van der Waals surface area contributed by atoms with E-state index in [1.54, 1.807) is 12.4 Å². The molecule has 1 amide bonds. The zero-order chi connectivity index (χ0) is 25.9. The first-order valence-electron chi connectivity index (χ1n) is 11.9. The molecule has 3 heterocycles. The third-order valence-electron chi connectivity index (χ3n) is 6.11. The molecule has 0 radical (unpaired) electrons. The number of amides is 1. The molecule has 188 valence electrons. The van der Waals surface area contributed by atoms with E-state index in [1.165, 1.54) is 11.8 Å². The number of aryl methyl sites for hydroxylation is 1. The highest BCUT2D eigenvalue weighted by molar-refractivity contribution is 5.92. The van der Waals surface area contributed by atoms with Crippen molar-refractivity contribution in [3.05, 3.63) is 53.1 Å². The fraction of sp³-hybridized carbons (Fsp3) is 0.423. The Labute approximate surface area is 210 Å². The summed E-state index contributed by atoms with van der Waals surface area (Å²) >= 11 is 0. The molecule has 1 atom stereocenters. The van der Waals surface area contributed by atoms with Crippen molar-refractivity contribution in [1.82, 2.24) is 25.3 Å². The van der Waals surface area contributed by atoms with Gasteiger partial charge in [-0.2, -0.15) is 5.26 Å². The summed E-state index contributed by atoms with van der Waals surface area (Å²) in [5.74, 6) is 0.156. The van der Waals surface area contributed by atoms with Crippen LogP contribution >= 0.6 is 0 Å². The number of methoxy groups -OCH3 is 1.